The molecule has 0 atom stereocenters. The van der Waals surface area contributed by atoms with Gasteiger partial charge >= 0.3 is 0 Å². The average Bonchev–Trinajstić information content (AvgIpc) is 2.55. The number of likely N-dealkylation sites (N-methyl/N-ethyl adjacent to an activating group) is 1. The molecule has 0 radical (unpaired) electrons. The van der Waals surface area contributed by atoms with Crippen LogP contribution in [-0.4, -0.2) is 53.7 Å². The van der Waals surface area contributed by atoms with Gasteiger partial charge in [-0.2, -0.15) is 5.10 Å². The first kappa shape index (κ1) is 13.8. The number of H-pyrrole nitrogens is 1. The number of aromatic amines is 1. The molecule has 1 amide bonds. The van der Waals surface area contributed by atoms with Gasteiger partial charge in [0.1, 0.15) is 0 Å². The van der Waals surface area contributed by atoms with Crippen molar-refractivity contribution in [3.8, 4) is 0 Å². The number of hydrogen-bond acceptors (Lipinski definition) is 3. The van der Waals surface area contributed by atoms with Gasteiger partial charge in [-0.05, 0) is 13.0 Å². The molecular weight excluding hydrogens is 268 g/mol. The molecule has 0 bridgehead atoms. The number of aromatic nitrogens is 2. The highest BCUT2D eigenvalue weighted by atomic mass is 16.2. The van der Waals surface area contributed by atoms with Crippen LogP contribution >= 0.6 is 0 Å². The van der Waals surface area contributed by atoms with Gasteiger partial charge in [0.05, 0.1) is 38.1 Å². The lowest BCUT2D eigenvalue weighted by Gasteiger charge is -2.31. The van der Waals surface area contributed by atoms with E-state index < -0.39 is 0 Å². The van der Waals surface area contributed by atoms with Crippen LogP contribution in [0.3, 0.4) is 0 Å². The maximum atomic E-state index is 12.7. The van der Waals surface area contributed by atoms with Gasteiger partial charge < -0.3 is 9.80 Å². The van der Waals surface area contributed by atoms with E-state index in [9.17, 15) is 9.59 Å². The van der Waals surface area contributed by atoms with Gasteiger partial charge in [-0.25, -0.2) is 5.10 Å². The first-order valence-corrected chi connectivity index (χ1v) is 7.31. The number of fused-ring (bicyclic) bond motifs is 1. The van der Waals surface area contributed by atoms with Gasteiger partial charge in [-0.15, -0.1) is 0 Å². The highest BCUT2D eigenvalue weighted by molar-refractivity contribution is 6.04. The first-order valence-electron chi connectivity index (χ1n) is 7.31. The van der Waals surface area contributed by atoms with E-state index in [4.69, 9.17) is 0 Å². The lowest BCUT2D eigenvalue weighted by Crippen LogP contribution is -3.14. The Hall–Kier alpha value is -2.21. The highest BCUT2D eigenvalue weighted by Gasteiger charge is 2.26. The predicted molar refractivity (Wildman–Crippen MR) is 79.5 cm³/mol. The number of carbonyl (C=O) groups is 1. The lowest BCUT2D eigenvalue weighted by atomic mass is 10.1. The van der Waals surface area contributed by atoms with Crippen molar-refractivity contribution in [2.45, 2.75) is 6.92 Å². The summed E-state index contributed by atoms with van der Waals surface area (Å²) < 4.78 is 0. The summed E-state index contributed by atoms with van der Waals surface area (Å²) in [5.74, 6) is -0.0994. The third-order valence-corrected chi connectivity index (χ3v) is 4.16. The van der Waals surface area contributed by atoms with E-state index in [1.807, 2.05) is 11.0 Å². The quantitative estimate of drug-likeness (QED) is 0.766. The molecule has 2 heterocycles. The van der Waals surface area contributed by atoms with Crippen LogP contribution in [0.2, 0.25) is 0 Å². The van der Waals surface area contributed by atoms with Crippen molar-refractivity contribution in [3.63, 3.8) is 0 Å². The minimum Gasteiger partial charge on any atom is -0.332 e. The molecule has 0 spiro atoms. The van der Waals surface area contributed by atoms with E-state index in [0.717, 1.165) is 32.7 Å². The van der Waals surface area contributed by atoms with E-state index in [1.54, 1.807) is 18.2 Å². The van der Waals surface area contributed by atoms with Gasteiger partial charge in [-0.1, -0.05) is 18.2 Å². The van der Waals surface area contributed by atoms with Crippen LogP contribution in [-0.2, 0) is 0 Å². The summed E-state index contributed by atoms with van der Waals surface area (Å²) in [4.78, 5) is 27.8. The number of amides is 1. The zero-order valence-electron chi connectivity index (χ0n) is 12.1. The van der Waals surface area contributed by atoms with Crippen molar-refractivity contribution in [2.24, 2.45) is 0 Å². The summed E-state index contributed by atoms with van der Waals surface area (Å²) in [7, 11) is 0. The summed E-state index contributed by atoms with van der Waals surface area (Å²) in [5.41, 5.74) is 0.0764. The van der Waals surface area contributed by atoms with Crippen LogP contribution in [0.1, 0.15) is 17.4 Å². The van der Waals surface area contributed by atoms with E-state index in [2.05, 4.69) is 17.1 Å². The van der Waals surface area contributed by atoms with Crippen molar-refractivity contribution < 1.29 is 9.69 Å². The molecule has 0 aliphatic carbocycles. The number of nitrogens with one attached hydrogen (secondary N) is 2. The molecule has 1 aromatic carbocycles. The van der Waals surface area contributed by atoms with Gasteiger partial charge in [0.2, 0.25) is 0 Å². The Morgan fingerprint density at radius 3 is 2.62 bits per heavy atom. The Morgan fingerprint density at radius 2 is 1.95 bits per heavy atom. The number of benzene rings is 1. The standard InChI is InChI=1S/C15H18N4O2/c1-2-18-7-9-19(10-8-18)15(21)13-11-5-3-4-6-12(11)14(20)17-16-13/h3-6H,2,7-10H2,1H3,(H,17,20)/p+1. The Bertz CT molecular complexity index is 717. The third kappa shape index (κ3) is 2.54. The van der Waals surface area contributed by atoms with Gasteiger partial charge in [-0.3, -0.25) is 9.59 Å². The molecule has 2 N–H and O–H groups in total. The number of piperazine rings is 1. The number of hydrogen-bond donors (Lipinski definition) is 2. The van der Waals surface area contributed by atoms with E-state index in [0.29, 0.717) is 16.5 Å². The van der Waals surface area contributed by atoms with Crippen LogP contribution < -0.4 is 10.5 Å². The largest absolute Gasteiger partial charge is 0.332 e. The van der Waals surface area contributed by atoms with Crippen molar-refractivity contribution >= 4 is 16.7 Å². The van der Waals surface area contributed by atoms with Crippen molar-refractivity contribution in [1.82, 2.24) is 15.1 Å². The maximum absolute atomic E-state index is 12.7. The average molecular weight is 287 g/mol. The van der Waals surface area contributed by atoms with Gasteiger partial charge in [0.25, 0.3) is 11.5 Å². The molecule has 1 saturated heterocycles. The van der Waals surface area contributed by atoms with E-state index >= 15 is 0 Å². The highest BCUT2D eigenvalue weighted by Crippen LogP contribution is 2.14. The summed E-state index contributed by atoms with van der Waals surface area (Å²) in [6, 6.07) is 7.10. The SMILES string of the molecule is CC[NH+]1CCN(C(=O)c2n[nH]c(=O)c3ccccc23)CC1. The molecule has 3 rings (SSSR count). The molecule has 0 saturated carbocycles. The zero-order valence-corrected chi connectivity index (χ0v) is 12.1. The summed E-state index contributed by atoms with van der Waals surface area (Å²) in [6.45, 7) is 6.63. The summed E-state index contributed by atoms with van der Waals surface area (Å²) in [5, 5.41) is 7.54. The molecule has 1 fully saturated rings. The predicted octanol–water partition coefficient (Wildman–Crippen LogP) is -0.716. The topological polar surface area (TPSA) is 70.5 Å². The first-order chi connectivity index (χ1) is 10.2. The van der Waals surface area contributed by atoms with Gasteiger partial charge in [0, 0.05) is 5.39 Å². The second-order valence-corrected chi connectivity index (χ2v) is 5.34. The third-order valence-electron chi connectivity index (χ3n) is 4.16. The number of quaternary nitrogens is 1. The Labute approximate surface area is 122 Å². The normalized spacial score (nSPS) is 16.3. The smallest absolute Gasteiger partial charge is 0.275 e. The van der Waals surface area contributed by atoms with E-state index in [-0.39, 0.29) is 11.5 Å². The number of rotatable bonds is 2. The fourth-order valence-corrected chi connectivity index (χ4v) is 2.81. The Morgan fingerprint density at radius 1 is 1.29 bits per heavy atom. The van der Waals surface area contributed by atoms with Crippen molar-refractivity contribution in [3.05, 3.63) is 40.3 Å². The number of carbonyl (C=O) groups excluding carboxylic acids is 1. The Balaban J connectivity index is 1.92. The van der Waals surface area contributed by atoms with Crippen LogP contribution in [0.4, 0.5) is 0 Å². The van der Waals surface area contributed by atoms with Crippen LogP contribution in [0, 0.1) is 0 Å². The monoisotopic (exact) mass is 287 g/mol. The minimum atomic E-state index is -0.262. The second kappa shape index (κ2) is 5.65. The fourth-order valence-electron chi connectivity index (χ4n) is 2.81. The zero-order chi connectivity index (χ0) is 14.8. The Kier molecular flexibility index (Phi) is 3.70. The maximum Gasteiger partial charge on any atom is 0.275 e. The van der Waals surface area contributed by atoms with Gasteiger partial charge in [0.15, 0.2) is 5.69 Å². The fraction of sp³-hybridized carbons (Fsp3) is 0.400. The van der Waals surface area contributed by atoms with Crippen LogP contribution in [0.5, 0.6) is 0 Å². The summed E-state index contributed by atoms with van der Waals surface area (Å²) >= 11 is 0. The van der Waals surface area contributed by atoms with Crippen molar-refractivity contribution in [1.29, 1.82) is 0 Å². The molecule has 6 nitrogen and oxygen atoms in total. The van der Waals surface area contributed by atoms with E-state index in [1.165, 1.54) is 4.90 Å². The van der Waals surface area contributed by atoms with Crippen molar-refractivity contribution in [2.75, 3.05) is 32.7 Å². The molecular formula is C15H19N4O2+. The lowest BCUT2D eigenvalue weighted by molar-refractivity contribution is -0.902. The molecule has 1 aliphatic rings. The second-order valence-electron chi connectivity index (χ2n) is 5.34. The van der Waals surface area contributed by atoms with Crippen LogP contribution in [0.25, 0.3) is 10.8 Å². The minimum absolute atomic E-state index is 0.0994. The molecule has 6 heteroatoms. The number of nitrogens with zero attached hydrogens (tertiary/aromatic N) is 2. The molecule has 110 valence electrons. The van der Waals surface area contributed by atoms with Crippen LogP contribution in [0.15, 0.2) is 29.1 Å². The molecule has 1 aliphatic heterocycles. The molecule has 2 aromatic rings. The molecule has 0 unspecified atom stereocenters. The molecule has 21 heavy (non-hydrogen) atoms. The molecule has 1 aromatic heterocycles. The summed E-state index contributed by atoms with van der Waals surface area (Å²) in [6.07, 6.45) is 0.